The molecular formula is C23H22N2O4S. The maximum absolute atomic E-state index is 12.9. The number of hydrogen-bond acceptors (Lipinski definition) is 5. The van der Waals surface area contributed by atoms with E-state index in [0.29, 0.717) is 29.4 Å². The summed E-state index contributed by atoms with van der Waals surface area (Å²) in [5.41, 5.74) is 0.968. The molecule has 0 bridgehead atoms. The Labute approximate surface area is 178 Å². The first-order valence-electron chi connectivity index (χ1n) is 9.73. The summed E-state index contributed by atoms with van der Waals surface area (Å²) in [4.78, 5) is 26.0. The third-order valence-corrected chi connectivity index (χ3v) is 5.59. The van der Waals surface area contributed by atoms with Gasteiger partial charge in [0.1, 0.15) is 18.8 Å². The van der Waals surface area contributed by atoms with Crippen molar-refractivity contribution >= 4 is 23.2 Å². The van der Waals surface area contributed by atoms with Crippen LogP contribution in [-0.4, -0.2) is 37.1 Å². The molecule has 2 N–H and O–H groups in total. The lowest BCUT2D eigenvalue weighted by Crippen LogP contribution is -2.50. The van der Waals surface area contributed by atoms with Crippen LogP contribution in [0.1, 0.15) is 15.2 Å². The number of ether oxygens (including phenoxy) is 2. The van der Waals surface area contributed by atoms with Gasteiger partial charge in [-0.1, -0.05) is 48.5 Å². The molecule has 1 aliphatic rings. The Morgan fingerprint density at radius 2 is 1.77 bits per heavy atom. The minimum Gasteiger partial charge on any atom is -0.486 e. The van der Waals surface area contributed by atoms with Gasteiger partial charge in [0, 0.05) is 6.42 Å². The fraction of sp³-hybridized carbons (Fsp3) is 0.217. The Balaban J connectivity index is 1.39. The maximum atomic E-state index is 12.9. The van der Waals surface area contributed by atoms with Crippen molar-refractivity contribution in [1.29, 1.82) is 0 Å². The van der Waals surface area contributed by atoms with Gasteiger partial charge in [-0.05, 0) is 29.1 Å². The molecule has 2 amide bonds. The van der Waals surface area contributed by atoms with Gasteiger partial charge >= 0.3 is 0 Å². The molecule has 2 atom stereocenters. The van der Waals surface area contributed by atoms with Crippen molar-refractivity contribution in [2.24, 2.45) is 0 Å². The molecule has 0 saturated carbocycles. The van der Waals surface area contributed by atoms with E-state index in [0.717, 1.165) is 5.56 Å². The number of rotatable bonds is 7. The fourth-order valence-electron chi connectivity index (χ4n) is 3.20. The predicted molar refractivity (Wildman–Crippen MR) is 115 cm³/mol. The summed E-state index contributed by atoms with van der Waals surface area (Å²) in [5.74, 6) is 0.846. The molecule has 2 heterocycles. The van der Waals surface area contributed by atoms with Crippen LogP contribution >= 0.6 is 11.3 Å². The van der Waals surface area contributed by atoms with E-state index in [1.807, 2.05) is 66.0 Å². The standard InChI is InChI=1S/C23H22N2O4S/c26-22(24-14-17-15-28-19-9-4-5-10-20(19)29-17)18(13-16-7-2-1-3-8-16)25-23(27)21-11-6-12-30-21/h1-12,17-18H,13-15H2,(H,24,26)(H,25,27). The molecule has 2 unspecified atom stereocenters. The molecule has 0 aliphatic carbocycles. The van der Waals surface area contributed by atoms with Gasteiger partial charge in [-0.3, -0.25) is 9.59 Å². The molecule has 4 rings (SSSR count). The predicted octanol–water partition coefficient (Wildman–Crippen LogP) is 3.05. The summed E-state index contributed by atoms with van der Waals surface area (Å²) >= 11 is 1.34. The van der Waals surface area contributed by atoms with Crippen LogP contribution in [0.3, 0.4) is 0 Å². The lowest BCUT2D eigenvalue weighted by Gasteiger charge is -2.27. The molecule has 0 saturated heterocycles. The smallest absolute Gasteiger partial charge is 0.262 e. The van der Waals surface area contributed by atoms with Crippen LogP contribution in [0.15, 0.2) is 72.1 Å². The summed E-state index contributed by atoms with van der Waals surface area (Å²) in [6.45, 7) is 0.634. The molecule has 0 fully saturated rings. The molecule has 6 nitrogen and oxygen atoms in total. The topological polar surface area (TPSA) is 76.7 Å². The monoisotopic (exact) mass is 422 g/mol. The average Bonchev–Trinajstić information content (AvgIpc) is 3.33. The van der Waals surface area contributed by atoms with Crippen LogP contribution in [0.2, 0.25) is 0 Å². The van der Waals surface area contributed by atoms with Crippen LogP contribution in [0, 0.1) is 0 Å². The SMILES string of the molecule is O=C(NC(Cc1ccccc1)C(=O)NCC1COc2ccccc2O1)c1cccs1. The number of fused-ring (bicyclic) bond motifs is 1. The first-order valence-corrected chi connectivity index (χ1v) is 10.6. The van der Waals surface area contributed by atoms with E-state index in [9.17, 15) is 9.59 Å². The number of carbonyl (C=O) groups excluding carboxylic acids is 2. The van der Waals surface area contributed by atoms with Crippen LogP contribution in [0.25, 0.3) is 0 Å². The Morgan fingerprint density at radius 3 is 2.53 bits per heavy atom. The van der Waals surface area contributed by atoms with Gasteiger partial charge in [0.15, 0.2) is 11.5 Å². The summed E-state index contributed by atoms with van der Waals surface area (Å²) in [6, 6.07) is 19.9. The molecule has 30 heavy (non-hydrogen) atoms. The quantitative estimate of drug-likeness (QED) is 0.614. The normalized spacial score (nSPS) is 15.8. The van der Waals surface area contributed by atoms with Crippen molar-refractivity contribution in [3.63, 3.8) is 0 Å². The minimum atomic E-state index is -0.696. The van der Waals surface area contributed by atoms with Crippen LogP contribution < -0.4 is 20.1 Å². The number of thiophene rings is 1. The first kappa shape index (κ1) is 20.0. The van der Waals surface area contributed by atoms with E-state index in [1.54, 1.807) is 6.07 Å². The van der Waals surface area contributed by atoms with Gasteiger partial charge in [0.2, 0.25) is 5.91 Å². The molecular weight excluding hydrogens is 400 g/mol. The van der Waals surface area contributed by atoms with Crippen molar-refractivity contribution in [3.05, 3.63) is 82.6 Å². The summed E-state index contributed by atoms with van der Waals surface area (Å²) in [6.07, 6.45) is 0.100. The number of hydrogen-bond donors (Lipinski definition) is 2. The lowest BCUT2D eigenvalue weighted by atomic mass is 10.0. The Kier molecular flexibility index (Phi) is 6.29. The summed E-state index contributed by atoms with van der Waals surface area (Å²) in [7, 11) is 0. The van der Waals surface area contributed by atoms with E-state index in [1.165, 1.54) is 11.3 Å². The van der Waals surface area contributed by atoms with Crippen LogP contribution in [0.5, 0.6) is 11.5 Å². The van der Waals surface area contributed by atoms with Gasteiger partial charge in [-0.25, -0.2) is 0 Å². The van der Waals surface area contributed by atoms with Crippen LogP contribution in [-0.2, 0) is 11.2 Å². The maximum Gasteiger partial charge on any atom is 0.262 e. The number of nitrogens with one attached hydrogen (secondary N) is 2. The second-order valence-corrected chi connectivity index (χ2v) is 7.88. The first-order chi connectivity index (χ1) is 14.7. The molecule has 3 aromatic rings. The Bertz CT molecular complexity index is 991. The summed E-state index contributed by atoms with van der Waals surface area (Å²) < 4.78 is 11.6. The number of carbonyl (C=O) groups is 2. The fourth-order valence-corrected chi connectivity index (χ4v) is 3.82. The molecule has 0 radical (unpaired) electrons. The van der Waals surface area contributed by atoms with Crippen molar-refractivity contribution in [2.45, 2.75) is 18.6 Å². The second-order valence-electron chi connectivity index (χ2n) is 6.94. The Hall–Kier alpha value is -3.32. The highest BCUT2D eigenvalue weighted by Gasteiger charge is 2.25. The zero-order chi connectivity index (χ0) is 20.8. The van der Waals surface area contributed by atoms with E-state index < -0.39 is 6.04 Å². The van der Waals surface area contributed by atoms with E-state index in [4.69, 9.17) is 9.47 Å². The zero-order valence-corrected chi connectivity index (χ0v) is 17.1. The lowest BCUT2D eigenvalue weighted by molar-refractivity contribution is -0.123. The van der Waals surface area contributed by atoms with E-state index in [-0.39, 0.29) is 24.5 Å². The molecule has 2 aromatic carbocycles. The van der Waals surface area contributed by atoms with Gasteiger partial charge < -0.3 is 20.1 Å². The third kappa shape index (κ3) is 4.99. The number of benzene rings is 2. The molecule has 1 aliphatic heterocycles. The third-order valence-electron chi connectivity index (χ3n) is 4.72. The molecule has 154 valence electrons. The van der Waals surface area contributed by atoms with E-state index >= 15 is 0 Å². The average molecular weight is 423 g/mol. The number of para-hydroxylation sites is 2. The summed E-state index contributed by atoms with van der Waals surface area (Å²) in [5, 5.41) is 7.59. The highest BCUT2D eigenvalue weighted by molar-refractivity contribution is 7.12. The number of amides is 2. The highest BCUT2D eigenvalue weighted by Crippen LogP contribution is 2.30. The van der Waals surface area contributed by atoms with Crippen molar-refractivity contribution in [3.8, 4) is 11.5 Å². The highest BCUT2D eigenvalue weighted by atomic mass is 32.1. The van der Waals surface area contributed by atoms with Crippen molar-refractivity contribution in [2.75, 3.05) is 13.2 Å². The molecule has 0 spiro atoms. The van der Waals surface area contributed by atoms with Gasteiger partial charge in [-0.2, -0.15) is 0 Å². The molecule has 7 heteroatoms. The molecule has 1 aromatic heterocycles. The van der Waals surface area contributed by atoms with Crippen molar-refractivity contribution in [1.82, 2.24) is 10.6 Å². The minimum absolute atomic E-state index is 0.257. The second kappa shape index (κ2) is 9.45. The van der Waals surface area contributed by atoms with Gasteiger partial charge in [0.25, 0.3) is 5.91 Å². The van der Waals surface area contributed by atoms with Gasteiger partial charge in [-0.15, -0.1) is 11.3 Å². The van der Waals surface area contributed by atoms with Crippen LogP contribution in [0.4, 0.5) is 0 Å². The Morgan fingerprint density at radius 1 is 1.00 bits per heavy atom. The van der Waals surface area contributed by atoms with Crippen molar-refractivity contribution < 1.29 is 19.1 Å². The van der Waals surface area contributed by atoms with Gasteiger partial charge in [0.05, 0.1) is 11.4 Å². The van der Waals surface area contributed by atoms with E-state index in [2.05, 4.69) is 10.6 Å². The largest absolute Gasteiger partial charge is 0.486 e. The zero-order valence-electron chi connectivity index (χ0n) is 16.2.